The van der Waals surface area contributed by atoms with Gasteiger partial charge in [-0.1, -0.05) is 44.7 Å². The first-order chi connectivity index (χ1) is 12.4. The summed E-state index contributed by atoms with van der Waals surface area (Å²) < 4.78 is 0. The van der Waals surface area contributed by atoms with Gasteiger partial charge in [0, 0.05) is 13.1 Å². The molecule has 1 aromatic rings. The number of likely N-dealkylation sites (N-methyl/N-ethyl adjacent to an activating group) is 1. The fourth-order valence-corrected chi connectivity index (χ4v) is 2.23. The van der Waals surface area contributed by atoms with Crippen LogP contribution in [0.3, 0.4) is 0 Å². The van der Waals surface area contributed by atoms with Crippen LogP contribution in [-0.4, -0.2) is 48.0 Å². The number of amides is 2. The second-order valence-corrected chi connectivity index (χ2v) is 5.52. The zero-order valence-corrected chi connectivity index (χ0v) is 16.0. The maximum Gasteiger partial charge on any atom is 0.255 e. The van der Waals surface area contributed by atoms with Crippen LogP contribution < -0.4 is 11.1 Å². The van der Waals surface area contributed by atoms with Crippen LogP contribution in [0.1, 0.15) is 47.9 Å². The topological polar surface area (TPSA) is 95.7 Å². The van der Waals surface area contributed by atoms with Crippen LogP contribution in [0.2, 0.25) is 0 Å². The Morgan fingerprint density at radius 2 is 1.92 bits per heavy atom. The van der Waals surface area contributed by atoms with Crippen molar-refractivity contribution < 1.29 is 14.7 Å². The van der Waals surface area contributed by atoms with Crippen molar-refractivity contribution in [3.05, 3.63) is 54.1 Å². The molecule has 0 saturated heterocycles. The van der Waals surface area contributed by atoms with E-state index in [9.17, 15) is 14.7 Å². The Morgan fingerprint density at radius 3 is 2.38 bits per heavy atom. The van der Waals surface area contributed by atoms with E-state index < -0.39 is 11.8 Å². The Bertz CT molecular complexity index is 612. The molecular weight excluding hydrogens is 330 g/mol. The predicted octanol–water partition coefficient (Wildman–Crippen LogP) is 2.70. The average Bonchev–Trinajstić information content (AvgIpc) is 2.62. The summed E-state index contributed by atoms with van der Waals surface area (Å²) in [5, 5.41) is 12.6. The minimum absolute atomic E-state index is 0.0520. The van der Waals surface area contributed by atoms with Crippen molar-refractivity contribution in [1.29, 1.82) is 0 Å². The van der Waals surface area contributed by atoms with Crippen molar-refractivity contribution in [3.63, 3.8) is 0 Å². The third kappa shape index (κ3) is 8.48. The summed E-state index contributed by atoms with van der Waals surface area (Å²) in [4.78, 5) is 25.4. The van der Waals surface area contributed by atoms with Gasteiger partial charge < -0.3 is 21.1 Å². The summed E-state index contributed by atoms with van der Waals surface area (Å²) >= 11 is 0. The van der Waals surface area contributed by atoms with Crippen molar-refractivity contribution in [3.8, 4) is 5.75 Å². The first-order valence-electron chi connectivity index (χ1n) is 8.78. The maximum absolute atomic E-state index is 12.0. The molecule has 0 heterocycles. The minimum atomic E-state index is -0.762. The standard InChI is InChI=1S/C15H23N3O3.C5H8/c1-3-9-18(4-2)10-8-17-15(21)12-7-5-6-11(13(12)19)14(16)20;1-3-5-4-2/h5-7,19H,3-4,8-10H2,1-2H3,(H2,16,20)(H,17,21);3-5H,1H2,2H3/b;5-4-. The van der Waals surface area contributed by atoms with Crippen molar-refractivity contribution in [1.82, 2.24) is 10.2 Å². The molecule has 0 aliphatic rings. The lowest BCUT2D eigenvalue weighted by atomic mass is 10.1. The number of allylic oxidation sites excluding steroid dienone is 3. The van der Waals surface area contributed by atoms with E-state index in [-0.39, 0.29) is 16.9 Å². The highest BCUT2D eigenvalue weighted by Gasteiger charge is 2.16. The van der Waals surface area contributed by atoms with Gasteiger partial charge in [0.25, 0.3) is 11.8 Å². The normalized spacial score (nSPS) is 10.3. The van der Waals surface area contributed by atoms with E-state index >= 15 is 0 Å². The lowest BCUT2D eigenvalue weighted by molar-refractivity contribution is 0.0946. The van der Waals surface area contributed by atoms with Crippen LogP contribution in [0.5, 0.6) is 5.75 Å². The largest absolute Gasteiger partial charge is 0.506 e. The number of primary amides is 1. The molecule has 0 bridgehead atoms. The Balaban J connectivity index is 0.00000110. The van der Waals surface area contributed by atoms with E-state index in [1.807, 2.05) is 19.1 Å². The van der Waals surface area contributed by atoms with Crippen molar-refractivity contribution >= 4 is 11.8 Å². The minimum Gasteiger partial charge on any atom is -0.506 e. The molecule has 144 valence electrons. The number of nitrogens with one attached hydrogen (secondary N) is 1. The van der Waals surface area contributed by atoms with Gasteiger partial charge in [-0.2, -0.15) is 0 Å². The van der Waals surface area contributed by atoms with E-state index in [1.165, 1.54) is 18.2 Å². The molecule has 0 radical (unpaired) electrons. The third-order valence-electron chi connectivity index (χ3n) is 3.58. The molecule has 0 fully saturated rings. The summed E-state index contributed by atoms with van der Waals surface area (Å²) in [5.74, 6) is -1.55. The average molecular weight is 361 g/mol. The first-order valence-corrected chi connectivity index (χ1v) is 8.78. The van der Waals surface area contributed by atoms with Gasteiger partial charge in [-0.05, 0) is 38.6 Å². The molecule has 6 heteroatoms. The molecule has 0 saturated carbocycles. The van der Waals surface area contributed by atoms with Gasteiger partial charge in [-0.15, -0.1) is 0 Å². The summed E-state index contributed by atoms with van der Waals surface area (Å²) in [5.41, 5.74) is 5.15. The third-order valence-corrected chi connectivity index (χ3v) is 3.58. The maximum atomic E-state index is 12.0. The second kappa shape index (κ2) is 13.7. The zero-order valence-electron chi connectivity index (χ0n) is 16.0. The first kappa shape index (κ1) is 23.4. The van der Waals surface area contributed by atoms with Crippen molar-refractivity contribution in [2.75, 3.05) is 26.2 Å². The zero-order chi connectivity index (χ0) is 19.9. The van der Waals surface area contributed by atoms with Gasteiger partial charge in [0.15, 0.2) is 0 Å². The Labute approximate surface area is 156 Å². The number of benzene rings is 1. The van der Waals surface area contributed by atoms with Crippen LogP contribution in [0.25, 0.3) is 0 Å². The van der Waals surface area contributed by atoms with E-state index in [1.54, 1.807) is 6.08 Å². The predicted molar refractivity (Wildman–Crippen MR) is 106 cm³/mol. The lowest BCUT2D eigenvalue weighted by Crippen LogP contribution is -2.35. The summed E-state index contributed by atoms with van der Waals surface area (Å²) in [6.45, 7) is 12.7. The summed E-state index contributed by atoms with van der Waals surface area (Å²) in [7, 11) is 0. The Morgan fingerprint density at radius 1 is 1.27 bits per heavy atom. The smallest absolute Gasteiger partial charge is 0.255 e. The molecular formula is C20H31N3O3. The van der Waals surface area contributed by atoms with Gasteiger partial charge in [0.1, 0.15) is 5.75 Å². The second-order valence-electron chi connectivity index (χ2n) is 5.52. The number of aromatic hydroxyl groups is 1. The molecule has 0 aliphatic heterocycles. The monoisotopic (exact) mass is 361 g/mol. The molecule has 0 aliphatic carbocycles. The molecule has 1 aromatic carbocycles. The van der Waals surface area contributed by atoms with Crippen LogP contribution >= 0.6 is 0 Å². The van der Waals surface area contributed by atoms with E-state index in [2.05, 4.69) is 30.6 Å². The number of nitrogens with zero attached hydrogens (tertiary/aromatic N) is 1. The molecule has 0 aromatic heterocycles. The highest BCUT2D eigenvalue weighted by Crippen LogP contribution is 2.21. The molecule has 1 rings (SSSR count). The van der Waals surface area contributed by atoms with Gasteiger partial charge in [0.05, 0.1) is 11.1 Å². The molecule has 0 spiro atoms. The fraction of sp³-hybridized carbons (Fsp3) is 0.400. The molecule has 2 amide bonds. The van der Waals surface area contributed by atoms with E-state index in [0.717, 1.165) is 26.1 Å². The highest BCUT2D eigenvalue weighted by molar-refractivity contribution is 6.03. The number of rotatable bonds is 9. The van der Waals surface area contributed by atoms with Crippen LogP contribution in [-0.2, 0) is 0 Å². The van der Waals surface area contributed by atoms with Gasteiger partial charge >= 0.3 is 0 Å². The Kier molecular flexibility index (Phi) is 12.3. The van der Waals surface area contributed by atoms with Crippen LogP contribution in [0.15, 0.2) is 43.0 Å². The molecule has 26 heavy (non-hydrogen) atoms. The SMILES string of the molecule is C=C/C=C\C.CCCN(CC)CCNC(=O)c1cccc(C(N)=O)c1O. The van der Waals surface area contributed by atoms with E-state index in [4.69, 9.17) is 5.73 Å². The number of carbonyl (C=O) groups excluding carboxylic acids is 2. The van der Waals surface area contributed by atoms with Crippen molar-refractivity contribution in [2.24, 2.45) is 5.73 Å². The highest BCUT2D eigenvalue weighted by atomic mass is 16.3. The summed E-state index contributed by atoms with van der Waals surface area (Å²) in [6, 6.07) is 4.36. The number of phenols is 1. The van der Waals surface area contributed by atoms with Crippen molar-refractivity contribution in [2.45, 2.75) is 27.2 Å². The molecule has 0 unspecified atom stereocenters. The number of hydrogen-bond donors (Lipinski definition) is 3. The fourth-order valence-electron chi connectivity index (χ4n) is 2.23. The van der Waals surface area contributed by atoms with Gasteiger partial charge in [0.2, 0.25) is 0 Å². The number of nitrogens with two attached hydrogens (primary N) is 1. The Hall–Kier alpha value is -2.60. The van der Waals surface area contributed by atoms with Crippen LogP contribution in [0, 0.1) is 0 Å². The lowest BCUT2D eigenvalue weighted by Gasteiger charge is -2.19. The number of carbonyl (C=O) groups is 2. The molecule has 4 N–H and O–H groups in total. The van der Waals surface area contributed by atoms with E-state index in [0.29, 0.717) is 6.54 Å². The van der Waals surface area contributed by atoms with Gasteiger partial charge in [-0.25, -0.2) is 0 Å². The number of para-hydroxylation sites is 1. The van der Waals surface area contributed by atoms with Gasteiger partial charge in [-0.3, -0.25) is 9.59 Å². The number of hydrogen-bond acceptors (Lipinski definition) is 4. The molecule has 0 atom stereocenters. The summed E-state index contributed by atoms with van der Waals surface area (Å²) in [6.07, 6.45) is 6.64. The molecule has 6 nitrogen and oxygen atoms in total. The van der Waals surface area contributed by atoms with Crippen LogP contribution in [0.4, 0.5) is 0 Å². The quantitative estimate of drug-likeness (QED) is 0.589.